The van der Waals surface area contributed by atoms with Crippen LogP contribution in [0, 0.1) is 5.82 Å². The van der Waals surface area contributed by atoms with Crippen molar-refractivity contribution in [3.63, 3.8) is 0 Å². The number of fused-ring (bicyclic) bond motifs is 1. The topological polar surface area (TPSA) is 82.9 Å². The highest BCUT2D eigenvalue weighted by molar-refractivity contribution is 14.0. The second kappa shape index (κ2) is 10.9. The van der Waals surface area contributed by atoms with E-state index in [1.807, 2.05) is 43.6 Å². The molecule has 3 heterocycles. The number of nitrogens with zero attached hydrogens (tertiary/aromatic N) is 4. The molecule has 4 rings (SSSR count). The Hall–Kier alpha value is -2.95. The molecule has 0 aliphatic heterocycles. The minimum absolute atomic E-state index is 0. The summed E-state index contributed by atoms with van der Waals surface area (Å²) in [6.45, 7) is 4.05. The van der Waals surface area contributed by atoms with Crippen molar-refractivity contribution in [1.29, 1.82) is 0 Å². The molecule has 7 nitrogen and oxygen atoms in total. The summed E-state index contributed by atoms with van der Waals surface area (Å²) in [4.78, 5) is 12.2. The van der Waals surface area contributed by atoms with Crippen molar-refractivity contribution < 1.29 is 4.39 Å². The Morgan fingerprint density at radius 1 is 1.19 bits per heavy atom. The van der Waals surface area contributed by atoms with Crippen molar-refractivity contribution in [2.24, 2.45) is 4.99 Å². The maximum absolute atomic E-state index is 13.4. The molecule has 3 aromatic heterocycles. The minimum atomic E-state index is -0.234. The predicted molar refractivity (Wildman–Crippen MR) is 132 cm³/mol. The van der Waals surface area contributed by atoms with Crippen LogP contribution in [0.15, 0.2) is 66.2 Å². The number of benzene rings is 1. The first-order valence-electron chi connectivity index (χ1n) is 9.95. The summed E-state index contributed by atoms with van der Waals surface area (Å²) in [5, 5.41) is 11.9. The Labute approximate surface area is 197 Å². The number of H-pyrrole nitrogens is 1. The summed E-state index contributed by atoms with van der Waals surface area (Å²) in [5.41, 5.74) is 3.01. The minimum Gasteiger partial charge on any atom is -0.361 e. The summed E-state index contributed by atoms with van der Waals surface area (Å²) >= 11 is 0. The number of nitrogens with one attached hydrogen (secondary N) is 3. The van der Waals surface area contributed by atoms with Gasteiger partial charge < -0.3 is 15.6 Å². The first-order valence-corrected chi connectivity index (χ1v) is 9.95. The van der Waals surface area contributed by atoms with Gasteiger partial charge in [-0.05, 0) is 60.9 Å². The Balaban J connectivity index is 0.00000272. The van der Waals surface area contributed by atoms with E-state index in [1.165, 1.54) is 12.1 Å². The Bertz CT molecular complexity index is 1140. The molecule has 1 aromatic carbocycles. The van der Waals surface area contributed by atoms with Crippen LogP contribution in [0.1, 0.15) is 18.1 Å². The van der Waals surface area contributed by atoms with Crippen LogP contribution in [0.2, 0.25) is 0 Å². The molecular formula is C22H25FIN7. The molecule has 0 fully saturated rings. The smallest absolute Gasteiger partial charge is 0.191 e. The van der Waals surface area contributed by atoms with Crippen molar-refractivity contribution >= 4 is 40.8 Å². The zero-order valence-electron chi connectivity index (χ0n) is 17.2. The summed E-state index contributed by atoms with van der Waals surface area (Å²) < 4.78 is 15.1. The van der Waals surface area contributed by atoms with Gasteiger partial charge in [0.05, 0.1) is 6.54 Å². The van der Waals surface area contributed by atoms with E-state index in [9.17, 15) is 4.39 Å². The molecule has 31 heavy (non-hydrogen) atoms. The lowest BCUT2D eigenvalue weighted by molar-refractivity contribution is 0.629. The fraction of sp³-hybridized carbons (Fsp3) is 0.227. The number of hydrogen-bond acceptors (Lipinski definition) is 3. The van der Waals surface area contributed by atoms with Gasteiger partial charge in [-0.25, -0.2) is 19.0 Å². The lowest BCUT2D eigenvalue weighted by Gasteiger charge is -2.11. The molecule has 0 saturated carbocycles. The Morgan fingerprint density at radius 3 is 2.90 bits per heavy atom. The van der Waals surface area contributed by atoms with Gasteiger partial charge in [-0.1, -0.05) is 0 Å². The van der Waals surface area contributed by atoms with Gasteiger partial charge in [0.15, 0.2) is 11.8 Å². The number of aromatic amines is 1. The van der Waals surface area contributed by atoms with Gasteiger partial charge in [-0.3, -0.25) is 0 Å². The zero-order chi connectivity index (χ0) is 20.8. The van der Waals surface area contributed by atoms with Crippen LogP contribution in [-0.4, -0.2) is 38.8 Å². The largest absolute Gasteiger partial charge is 0.361 e. The van der Waals surface area contributed by atoms with Crippen molar-refractivity contribution in [2.75, 3.05) is 13.1 Å². The fourth-order valence-corrected chi connectivity index (χ4v) is 3.28. The van der Waals surface area contributed by atoms with Gasteiger partial charge in [-0.2, -0.15) is 5.10 Å². The average molecular weight is 533 g/mol. The molecule has 9 heteroatoms. The van der Waals surface area contributed by atoms with E-state index in [4.69, 9.17) is 0 Å². The summed E-state index contributed by atoms with van der Waals surface area (Å²) in [7, 11) is 0. The molecule has 0 atom stereocenters. The molecule has 0 aliphatic rings. The highest BCUT2D eigenvalue weighted by Gasteiger charge is 2.06. The predicted octanol–water partition coefficient (Wildman–Crippen LogP) is 3.80. The van der Waals surface area contributed by atoms with Crippen molar-refractivity contribution in [2.45, 2.75) is 19.9 Å². The third-order valence-corrected chi connectivity index (χ3v) is 4.73. The Kier molecular flexibility index (Phi) is 7.99. The lowest BCUT2D eigenvalue weighted by Crippen LogP contribution is -2.38. The first-order chi connectivity index (χ1) is 14.7. The highest BCUT2D eigenvalue weighted by atomic mass is 127. The maximum Gasteiger partial charge on any atom is 0.191 e. The zero-order valence-corrected chi connectivity index (χ0v) is 19.5. The number of guanidine groups is 1. The maximum atomic E-state index is 13.4. The monoisotopic (exact) mass is 533 g/mol. The third-order valence-electron chi connectivity index (χ3n) is 4.73. The normalized spacial score (nSPS) is 11.4. The summed E-state index contributed by atoms with van der Waals surface area (Å²) in [6, 6.07) is 10.6. The molecule has 0 unspecified atom stereocenters. The number of aliphatic imine (C=N–C) groups is 1. The fourth-order valence-electron chi connectivity index (χ4n) is 3.28. The molecule has 3 N–H and O–H groups in total. The quantitative estimate of drug-likeness (QED) is 0.192. The van der Waals surface area contributed by atoms with Crippen LogP contribution >= 0.6 is 24.0 Å². The SMILES string of the molecule is CCNC(=NCc1ccnc(-n2cccn2)c1)NCCc1c[nH]c2cc(F)ccc12.I. The van der Waals surface area contributed by atoms with Crippen LogP contribution in [0.25, 0.3) is 16.7 Å². The van der Waals surface area contributed by atoms with Crippen molar-refractivity contribution in [3.05, 3.63) is 78.1 Å². The number of pyridine rings is 1. The number of rotatable bonds is 7. The number of hydrogen-bond donors (Lipinski definition) is 3. The van der Waals surface area contributed by atoms with Gasteiger partial charge >= 0.3 is 0 Å². The van der Waals surface area contributed by atoms with Crippen LogP contribution in [0.4, 0.5) is 4.39 Å². The standard InChI is InChI=1S/C22H24FN7.HI/c1-2-24-22(26-10-7-17-15-27-20-13-18(23)4-5-19(17)20)28-14-16-6-9-25-21(12-16)30-11-3-8-29-30;/h3-6,8-9,11-13,15,27H,2,7,10,14H2,1H3,(H2,24,26,28);1H. The Morgan fingerprint density at radius 2 is 2.10 bits per heavy atom. The van der Waals surface area contributed by atoms with Gasteiger partial charge in [0.2, 0.25) is 0 Å². The third kappa shape index (κ3) is 5.81. The summed E-state index contributed by atoms with van der Waals surface area (Å²) in [6.07, 6.45) is 8.09. The van der Waals surface area contributed by atoms with Gasteiger partial charge in [0, 0.05) is 48.8 Å². The molecule has 0 radical (unpaired) electrons. The molecule has 0 spiro atoms. The van der Waals surface area contributed by atoms with E-state index in [2.05, 4.69) is 30.7 Å². The van der Waals surface area contributed by atoms with Crippen molar-refractivity contribution in [3.8, 4) is 5.82 Å². The summed E-state index contributed by atoms with van der Waals surface area (Å²) in [5.74, 6) is 1.28. The molecule has 0 amide bonds. The molecule has 0 aliphatic carbocycles. The highest BCUT2D eigenvalue weighted by Crippen LogP contribution is 2.19. The lowest BCUT2D eigenvalue weighted by atomic mass is 10.1. The van der Waals surface area contributed by atoms with E-state index >= 15 is 0 Å². The van der Waals surface area contributed by atoms with E-state index in [0.29, 0.717) is 13.1 Å². The number of aromatic nitrogens is 4. The van der Waals surface area contributed by atoms with Gasteiger partial charge in [-0.15, -0.1) is 24.0 Å². The molecular weight excluding hydrogens is 508 g/mol. The molecule has 4 aromatic rings. The number of halogens is 2. The molecule has 0 saturated heterocycles. The molecule has 162 valence electrons. The van der Waals surface area contributed by atoms with Gasteiger partial charge in [0.25, 0.3) is 0 Å². The van der Waals surface area contributed by atoms with E-state index in [1.54, 1.807) is 17.1 Å². The van der Waals surface area contributed by atoms with Crippen molar-refractivity contribution in [1.82, 2.24) is 30.4 Å². The second-order valence-corrected chi connectivity index (χ2v) is 6.85. The van der Waals surface area contributed by atoms with Gasteiger partial charge in [0.1, 0.15) is 5.82 Å². The van der Waals surface area contributed by atoms with Crippen LogP contribution in [-0.2, 0) is 13.0 Å². The van der Waals surface area contributed by atoms with E-state index in [0.717, 1.165) is 46.8 Å². The van der Waals surface area contributed by atoms with Crippen LogP contribution < -0.4 is 10.6 Å². The second-order valence-electron chi connectivity index (χ2n) is 6.85. The first kappa shape index (κ1) is 22.7. The van der Waals surface area contributed by atoms with Crippen LogP contribution in [0.5, 0.6) is 0 Å². The molecule has 0 bridgehead atoms. The van der Waals surface area contributed by atoms with Crippen LogP contribution in [0.3, 0.4) is 0 Å². The van der Waals surface area contributed by atoms with E-state index in [-0.39, 0.29) is 29.8 Å². The average Bonchev–Trinajstić information content (AvgIpc) is 3.42. The van der Waals surface area contributed by atoms with E-state index < -0.39 is 0 Å².